The molecular weight excluding hydrogens is 436 g/mol. The summed E-state index contributed by atoms with van der Waals surface area (Å²) in [6, 6.07) is 17.7. The molecule has 1 N–H and O–H groups in total. The molecule has 1 aromatic carbocycles. The zero-order valence-corrected chi connectivity index (χ0v) is 19.3. The number of aromatic nitrogens is 2. The smallest absolute Gasteiger partial charge is 0.255 e. The van der Waals surface area contributed by atoms with Crippen LogP contribution in [-0.4, -0.2) is 53.4 Å². The summed E-state index contributed by atoms with van der Waals surface area (Å²) >= 11 is 1.57. The van der Waals surface area contributed by atoms with Crippen molar-refractivity contribution in [1.29, 1.82) is 0 Å². The molecule has 0 aliphatic carbocycles. The van der Waals surface area contributed by atoms with Gasteiger partial charge in [0.2, 0.25) is 0 Å². The first kappa shape index (κ1) is 21.6. The second-order valence-corrected chi connectivity index (χ2v) is 8.92. The average molecular weight is 463 g/mol. The fourth-order valence-electron chi connectivity index (χ4n) is 4.06. The number of hydrogen-bond acceptors (Lipinski definition) is 6. The van der Waals surface area contributed by atoms with Crippen LogP contribution in [0.4, 0.5) is 0 Å². The minimum absolute atomic E-state index is 0.0547. The van der Waals surface area contributed by atoms with Gasteiger partial charge in [0.1, 0.15) is 17.2 Å². The summed E-state index contributed by atoms with van der Waals surface area (Å²) in [6.45, 7) is 5.32. The molecule has 1 aliphatic heterocycles. The van der Waals surface area contributed by atoms with Crippen molar-refractivity contribution < 1.29 is 13.9 Å². The Morgan fingerprint density at radius 3 is 2.64 bits per heavy atom. The quantitative estimate of drug-likeness (QED) is 0.443. The van der Waals surface area contributed by atoms with Crippen LogP contribution in [-0.2, 0) is 4.74 Å². The summed E-state index contributed by atoms with van der Waals surface area (Å²) < 4.78 is 13.2. The van der Waals surface area contributed by atoms with Crippen molar-refractivity contribution in [2.45, 2.75) is 13.0 Å². The highest BCUT2D eigenvalue weighted by Crippen LogP contribution is 2.28. The Balaban J connectivity index is 1.40. The van der Waals surface area contributed by atoms with Crippen molar-refractivity contribution in [3.05, 3.63) is 83.3 Å². The van der Waals surface area contributed by atoms with Gasteiger partial charge in [-0.2, -0.15) is 5.10 Å². The highest BCUT2D eigenvalue weighted by molar-refractivity contribution is 7.13. The van der Waals surface area contributed by atoms with E-state index in [1.807, 2.05) is 66.9 Å². The van der Waals surface area contributed by atoms with Crippen LogP contribution in [0.25, 0.3) is 16.3 Å². The number of hydrogen-bond donors (Lipinski definition) is 1. The molecule has 1 fully saturated rings. The fraction of sp³-hybridized carbons (Fsp3) is 0.280. The van der Waals surface area contributed by atoms with E-state index in [1.54, 1.807) is 22.2 Å². The molecule has 0 bridgehead atoms. The van der Waals surface area contributed by atoms with Crippen LogP contribution in [0.3, 0.4) is 0 Å². The molecule has 33 heavy (non-hydrogen) atoms. The number of benzene rings is 1. The predicted octanol–water partition coefficient (Wildman–Crippen LogP) is 4.31. The van der Waals surface area contributed by atoms with Gasteiger partial charge in [0.25, 0.3) is 5.91 Å². The number of carbonyl (C=O) groups is 1. The minimum Gasteiger partial charge on any atom is -0.465 e. The maximum Gasteiger partial charge on any atom is 0.255 e. The van der Waals surface area contributed by atoms with Gasteiger partial charge in [-0.15, -0.1) is 11.3 Å². The van der Waals surface area contributed by atoms with Gasteiger partial charge in [-0.1, -0.05) is 24.3 Å². The number of carbonyl (C=O) groups excluding carboxylic acids is 1. The zero-order chi connectivity index (χ0) is 22.6. The Labute approximate surface area is 196 Å². The Hall–Kier alpha value is -3.20. The van der Waals surface area contributed by atoms with E-state index in [9.17, 15) is 4.79 Å². The van der Waals surface area contributed by atoms with E-state index < -0.39 is 0 Å². The Bertz CT molecular complexity index is 1190. The van der Waals surface area contributed by atoms with Crippen molar-refractivity contribution in [1.82, 2.24) is 20.0 Å². The van der Waals surface area contributed by atoms with Crippen molar-refractivity contribution in [3.8, 4) is 16.3 Å². The molecule has 1 atom stereocenters. The van der Waals surface area contributed by atoms with E-state index in [1.165, 1.54) is 0 Å². The summed E-state index contributed by atoms with van der Waals surface area (Å²) in [5.41, 5.74) is 2.15. The van der Waals surface area contributed by atoms with Crippen molar-refractivity contribution in [2.75, 3.05) is 32.8 Å². The highest BCUT2D eigenvalue weighted by Gasteiger charge is 2.27. The Morgan fingerprint density at radius 1 is 1.12 bits per heavy atom. The fourth-order valence-corrected chi connectivity index (χ4v) is 4.79. The molecule has 3 aromatic heterocycles. The van der Waals surface area contributed by atoms with Gasteiger partial charge in [-0.25, -0.2) is 4.68 Å². The lowest BCUT2D eigenvalue weighted by molar-refractivity contribution is 0.0117. The Morgan fingerprint density at radius 2 is 1.94 bits per heavy atom. The molecule has 0 radical (unpaired) electrons. The highest BCUT2D eigenvalue weighted by atomic mass is 32.1. The van der Waals surface area contributed by atoms with Crippen LogP contribution < -0.4 is 5.32 Å². The number of nitrogens with zero attached hydrogens (tertiary/aromatic N) is 3. The maximum atomic E-state index is 13.4. The van der Waals surface area contributed by atoms with Gasteiger partial charge in [0.15, 0.2) is 0 Å². The first-order valence-electron chi connectivity index (χ1n) is 11.0. The number of ether oxygens (including phenoxy) is 1. The van der Waals surface area contributed by atoms with E-state index >= 15 is 0 Å². The molecule has 1 amide bonds. The SMILES string of the molecule is Cc1ccc(C(CNC(=O)c2cn(-c3ccccc3)nc2-c2cccs2)N2CCOCC2)o1. The monoisotopic (exact) mass is 462 g/mol. The van der Waals surface area contributed by atoms with Gasteiger partial charge in [-0.3, -0.25) is 9.69 Å². The van der Waals surface area contributed by atoms with Gasteiger partial charge in [0.05, 0.1) is 35.4 Å². The van der Waals surface area contributed by atoms with Crippen LogP contribution in [0, 0.1) is 6.92 Å². The normalized spacial score (nSPS) is 15.4. The lowest BCUT2D eigenvalue weighted by atomic mass is 10.1. The van der Waals surface area contributed by atoms with E-state index in [-0.39, 0.29) is 11.9 Å². The summed E-state index contributed by atoms with van der Waals surface area (Å²) in [6.07, 6.45) is 1.81. The molecule has 8 heteroatoms. The molecule has 170 valence electrons. The van der Waals surface area contributed by atoms with Crippen molar-refractivity contribution >= 4 is 17.2 Å². The number of aryl methyl sites for hydroxylation is 1. The third-order valence-electron chi connectivity index (χ3n) is 5.77. The van der Waals surface area contributed by atoms with E-state index in [0.717, 1.165) is 35.2 Å². The topological polar surface area (TPSA) is 72.5 Å². The molecular formula is C25H26N4O3S. The van der Waals surface area contributed by atoms with E-state index in [2.05, 4.69) is 10.2 Å². The number of nitrogens with one attached hydrogen (secondary N) is 1. The van der Waals surface area contributed by atoms with Crippen LogP contribution in [0.1, 0.15) is 27.9 Å². The number of amides is 1. The van der Waals surface area contributed by atoms with Gasteiger partial charge in [-0.05, 0) is 42.6 Å². The van der Waals surface area contributed by atoms with Gasteiger partial charge < -0.3 is 14.5 Å². The van der Waals surface area contributed by atoms with E-state index in [4.69, 9.17) is 14.3 Å². The minimum atomic E-state index is -0.151. The van der Waals surface area contributed by atoms with Gasteiger partial charge in [0, 0.05) is 25.8 Å². The second kappa shape index (κ2) is 9.74. The molecule has 1 unspecified atom stereocenters. The predicted molar refractivity (Wildman–Crippen MR) is 128 cm³/mol. The van der Waals surface area contributed by atoms with Crippen LogP contribution >= 0.6 is 11.3 Å². The lowest BCUT2D eigenvalue weighted by Gasteiger charge is -2.33. The molecule has 0 spiro atoms. The summed E-state index contributed by atoms with van der Waals surface area (Å²) in [4.78, 5) is 16.7. The molecule has 5 rings (SSSR count). The maximum absolute atomic E-state index is 13.4. The van der Waals surface area contributed by atoms with E-state index in [0.29, 0.717) is 31.0 Å². The zero-order valence-electron chi connectivity index (χ0n) is 18.4. The number of morpholine rings is 1. The van der Waals surface area contributed by atoms with Crippen LogP contribution in [0.2, 0.25) is 0 Å². The summed E-state index contributed by atoms with van der Waals surface area (Å²) in [5.74, 6) is 1.56. The van der Waals surface area contributed by atoms with Crippen molar-refractivity contribution in [2.24, 2.45) is 0 Å². The number of rotatable bonds is 7. The summed E-state index contributed by atoms with van der Waals surface area (Å²) in [7, 11) is 0. The summed E-state index contributed by atoms with van der Waals surface area (Å²) in [5, 5.41) is 9.88. The first-order chi connectivity index (χ1) is 16.2. The third kappa shape index (κ3) is 4.78. The molecule has 1 saturated heterocycles. The largest absolute Gasteiger partial charge is 0.465 e. The van der Waals surface area contributed by atoms with Crippen molar-refractivity contribution in [3.63, 3.8) is 0 Å². The van der Waals surface area contributed by atoms with Crippen LogP contribution in [0.5, 0.6) is 0 Å². The van der Waals surface area contributed by atoms with Gasteiger partial charge >= 0.3 is 0 Å². The number of furan rings is 1. The molecule has 0 saturated carbocycles. The molecule has 4 aromatic rings. The Kier molecular flexibility index (Phi) is 6.39. The standard InChI is InChI=1S/C25H26N4O3S/c1-18-9-10-22(32-18)21(28-11-13-31-14-12-28)16-26-25(30)20-17-29(19-6-3-2-4-7-19)27-24(20)23-8-5-15-33-23/h2-10,15,17,21H,11-14,16H2,1H3,(H,26,30). The van der Waals surface area contributed by atoms with Crippen LogP contribution in [0.15, 0.2) is 70.6 Å². The number of thiophene rings is 1. The molecule has 7 nitrogen and oxygen atoms in total. The second-order valence-electron chi connectivity index (χ2n) is 7.97. The third-order valence-corrected chi connectivity index (χ3v) is 6.64. The average Bonchev–Trinajstić information content (AvgIpc) is 3.61. The number of para-hydroxylation sites is 1. The lowest BCUT2D eigenvalue weighted by Crippen LogP contribution is -2.43. The molecule has 4 heterocycles. The first-order valence-corrected chi connectivity index (χ1v) is 11.9. The molecule has 1 aliphatic rings.